The van der Waals surface area contributed by atoms with Crippen LogP contribution in [-0.2, 0) is 4.79 Å². The Labute approximate surface area is 79.0 Å². The molecule has 1 atom stereocenters. The van der Waals surface area contributed by atoms with E-state index in [0.29, 0.717) is 6.54 Å². The standard InChI is InChI=1S/C9H19NO3/c1-4-9(2,3)10-5-7(6-11)8(12)13/h7,10-11H,4-6H2,1-3H3,(H,12,13). The Morgan fingerprint density at radius 2 is 2.08 bits per heavy atom. The van der Waals surface area contributed by atoms with Crippen LogP contribution in [0.25, 0.3) is 0 Å². The lowest BCUT2D eigenvalue weighted by molar-refractivity contribution is -0.142. The molecule has 0 saturated heterocycles. The molecule has 78 valence electrons. The van der Waals surface area contributed by atoms with Gasteiger partial charge in [-0.1, -0.05) is 6.92 Å². The molecule has 0 radical (unpaired) electrons. The van der Waals surface area contributed by atoms with Gasteiger partial charge in [-0.3, -0.25) is 4.79 Å². The van der Waals surface area contributed by atoms with Crippen molar-refractivity contribution in [1.82, 2.24) is 5.32 Å². The lowest BCUT2D eigenvalue weighted by Crippen LogP contribution is -2.43. The number of carbonyl (C=O) groups is 1. The van der Waals surface area contributed by atoms with Crippen LogP contribution in [0.4, 0.5) is 0 Å². The van der Waals surface area contributed by atoms with E-state index >= 15 is 0 Å². The van der Waals surface area contributed by atoms with Gasteiger partial charge in [-0.15, -0.1) is 0 Å². The minimum Gasteiger partial charge on any atom is -0.481 e. The highest BCUT2D eigenvalue weighted by Gasteiger charge is 2.20. The molecule has 0 aromatic carbocycles. The zero-order chi connectivity index (χ0) is 10.5. The summed E-state index contributed by atoms with van der Waals surface area (Å²) in [6, 6.07) is 0. The summed E-state index contributed by atoms with van der Waals surface area (Å²) in [4.78, 5) is 10.5. The quantitative estimate of drug-likeness (QED) is 0.567. The van der Waals surface area contributed by atoms with Crippen LogP contribution < -0.4 is 5.32 Å². The summed E-state index contributed by atoms with van der Waals surface area (Å²) in [7, 11) is 0. The third-order valence-electron chi connectivity index (χ3n) is 2.28. The number of rotatable bonds is 6. The zero-order valence-corrected chi connectivity index (χ0v) is 8.50. The van der Waals surface area contributed by atoms with Crippen molar-refractivity contribution < 1.29 is 15.0 Å². The lowest BCUT2D eigenvalue weighted by Gasteiger charge is -2.26. The molecule has 4 nitrogen and oxygen atoms in total. The molecule has 0 aliphatic rings. The molecule has 13 heavy (non-hydrogen) atoms. The summed E-state index contributed by atoms with van der Waals surface area (Å²) in [6.07, 6.45) is 0.921. The second-order valence-electron chi connectivity index (χ2n) is 3.84. The van der Waals surface area contributed by atoms with Crippen molar-refractivity contribution in [2.75, 3.05) is 13.2 Å². The molecule has 0 aliphatic carbocycles. The molecule has 0 amide bonds. The summed E-state index contributed by atoms with van der Waals surface area (Å²) in [5.41, 5.74) is -0.0666. The van der Waals surface area contributed by atoms with Crippen LogP contribution in [0.15, 0.2) is 0 Å². The molecule has 0 fully saturated rings. The number of carboxylic acids is 1. The Morgan fingerprint density at radius 1 is 1.54 bits per heavy atom. The highest BCUT2D eigenvalue weighted by Crippen LogP contribution is 2.07. The molecule has 0 spiro atoms. The van der Waals surface area contributed by atoms with Crippen molar-refractivity contribution in [2.24, 2.45) is 5.92 Å². The summed E-state index contributed by atoms with van der Waals surface area (Å²) < 4.78 is 0. The van der Waals surface area contributed by atoms with E-state index in [0.717, 1.165) is 6.42 Å². The first kappa shape index (κ1) is 12.4. The van der Waals surface area contributed by atoms with Crippen molar-refractivity contribution in [2.45, 2.75) is 32.7 Å². The minimum atomic E-state index is -0.957. The third kappa shape index (κ3) is 4.85. The maximum absolute atomic E-state index is 10.5. The van der Waals surface area contributed by atoms with Gasteiger partial charge in [0.1, 0.15) is 0 Å². The molecule has 1 unspecified atom stereocenters. The Hall–Kier alpha value is -0.610. The number of hydrogen-bond donors (Lipinski definition) is 3. The van der Waals surface area contributed by atoms with E-state index in [2.05, 4.69) is 5.32 Å². The fraction of sp³-hybridized carbons (Fsp3) is 0.889. The fourth-order valence-corrected chi connectivity index (χ4v) is 0.754. The predicted molar refractivity (Wildman–Crippen MR) is 50.6 cm³/mol. The molecular formula is C9H19NO3. The van der Waals surface area contributed by atoms with Crippen LogP contribution in [0.2, 0.25) is 0 Å². The van der Waals surface area contributed by atoms with E-state index in [1.807, 2.05) is 20.8 Å². The van der Waals surface area contributed by atoms with Gasteiger partial charge in [-0.2, -0.15) is 0 Å². The van der Waals surface area contributed by atoms with Crippen LogP contribution in [-0.4, -0.2) is 34.9 Å². The molecule has 0 rings (SSSR count). The second-order valence-corrected chi connectivity index (χ2v) is 3.84. The molecule has 0 aliphatic heterocycles. The first-order chi connectivity index (χ1) is 5.93. The number of aliphatic carboxylic acids is 1. The van der Waals surface area contributed by atoms with Gasteiger partial charge >= 0.3 is 5.97 Å². The van der Waals surface area contributed by atoms with E-state index in [1.54, 1.807) is 0 Å². The van der Waals surface area contributed by atoms with Crippen LogP contribution in [0.1, 0.15) is 27.2 Å². The highest BCUT2D eigenvalue weighted by molar-refractivity contribution is 5.70. The average Bonchev–Trinajstić information content (AvgIpc) is 2.05. The van der Waals surface area contributed by atoms with Gasteiger partial charge in [0.05, 0.1) is 12.5 Å². The van der Waals surface area contributed by atoms with Crippen LogP contribution in [0, 0.1) is 5.92 Å². The molecule has 0 aromatic heterocycles. The van der Waals surface area contributed by atoms with Crippen molar-refractivity contribution in [1.29, 1.82) is 0 Å². The number of nitrogens with one attached hydrogen (secondary N) is 1. The Kier molecular flexibility index (Phi) is 4.95. The van der Waals surface area contributed by atoms with E-state index in [9.17, 15) is 4.79 Å². The van der Waals surface area contributed by atoms with Crippen LogP contribution in [0.5, 0.6) is 0 Å². The fourth-order valence-electron chi connectivity index (χ4n) is 0.754. The summed E-state index contributed by atoms with van der Waals surface area (Å²) >= 11 is 0. The Bertz CT molecular complexity index is 168. The second kappa shape index (κ2) is 5.19. The van der Waals surface area contributed by atoms with Gasteiger partial charge < -0.3 is 15.5 Å². The summed E-state index contributed by atoms with van der Waals surface area (Å²) in [5.74, 6) is -1.66. The van der Waals surface area contributed by atoms with E-state index in [4.69, 9.17) is 10.2 Å². The number of aliphatic hydroxyl groups is 1. The van der Waals surface area contributed by atoms with Crippen molar-refractivity contribution in [3.63, 3.8) is 0 Å². The highest BCUT2D eigenvalue weighted by atomic mass is 16.4. The number of aliphatic hydroxyl groups excluding tert-OH is 1. The SMILES string of the molecule is CCC(C)(C)NCC(CO)C(=O)O. The molecule has 0 heterocycles. The van der Waals surface area contributed by atoms with Gasteiger partial charge in [-0.05, 0) is 20.3 Å². The molecule has 0 saturated carbocycles. The largest absolute Gasteiger partial charge is 0.481 e. The Balaban J connectivity index is 3.92. The molecule has 0 bridgehead atoms. The normalized spacial score (nSPS) is 14.2. The van der Waals surface area contributed by atoms with Gasteiger partial charge in [0.2, 0.25) is 0 Å². The molecular weight excluding hydrogens is 170 g/mol. The van der Waals surface area contributed by atoms with Crippen LogP contribution in [0.3, 0.4) is 0 Å². The predicted octanol–water partition coefficient (Wildman–Crippen LogP) is 0.458. The topological polar surface area (TPSA) is 69.6 Å². The minimum absolute atomic E-state index is 0.0666. The van der Waals surface area contributed by atoms with Gasteiger partial charge in [0.25, 0.3) is 0 Å². The third-order valence-corrected chi connectivity index (χ3v) is 2.28. The van der Waals surface area contributed by atoms with Crippen molar-refractivity contribution in [3.05, 3.63) is 0 Å². The maximum atomic E-state index is 10.5. The molecule has 3 N–H and O–H groups in total. The zero-order valence-electron chi connectivity index (χ0n) is 8.50. The lowest BCUT2D eigenvalue weighted by atomic mass is 10.0. The first-order valence-corrected chi connectivity index (χ1v) is 4.51. The van der Waals surface area contributed by atoms with Crippen LogP contribution >= 0.6 is 0 Å². The van der Waals surface area contributed by atoms with Gasteiger partial charge in [0.15, 0.2) is 0 Å². The van der Waals surface area contributed by atoms with E-state index in [1.165, 1.54) is 0 Å². The first-order valence-electron chi connectivity index (χ1n) is 4.51. The Morgan fingerprint density at radius 3 is 2.38 bits per heavy atom. The van der Waals surface area contributed by atoms with Crippen molar-refractivity contribution >= 4 is 5.97 Å². The van der Waals surface area contributed by atoms with Gasteiger partial charge in [0, 0.05) is 12.1 Å². The molecule has 0 aromatic rings. The van der Waals surface area contributed by atoms with E-state index in [-0.39, 0.29) is 12.1 Å². The number of carboxylic acid groups (broad SMARTS) is 1. The van der Waals surface area contributed by atoms with Crippen molar-refractivity contribution in [3.8, 4) is 0 Å². The number of hydrogen-bond acceptors (Lipinski definition) is 3. The molecule has 4 heteroatoms. The average molecular weight is 189 g/mol. The van der Waals surface area contributed by atoms with Gasteiger partial charge in [-0.25, -0.2) is 0 Å². The summed E-state index contributed by atoms with van der Waals surface area (Å²) in [6.45, 7) is 6.03. The maximum Gasteiger partial charge on any atom is 0.310 e. The summed E-state index contributed by atoms with van der Waals surface area (Å²) in [5, 5.41) is 20.5. The van der Waals surface area contributed by atoms with E-state index < -0.39 is 11.9 Å². The monoisotopic (exact) mass is 189 g/mol. The smallest absolute Gasteiger partial charge is 0.310 e.